The number of hydrogen-bond acceptors (Lipinski definition) is 5. The minimum atomic E-state index is 0.684. The van der Waals surface area contributed by atoms with Gasteiger partial charge in [-0.15, -0.1) is 11.3 Å². The van der Waals surface area contributed by atoms with Gasteiger partial charge in [0.05, 0.1) is 12.7 Å². The Hall–Kier alpha value is -1.95. The van der Waals surface area contributed by atoms with Crippen molar-refractivity contribution in [2.45, 2.75) is 6.54 Å². The molecule has 0 saturated carbocycles. The maximum atomic E-state index is 4.30. The van der Waals surface area contributed by atoms with Crippen molar-refractivity contribution in [3.05, 3.63) is 34.9 Å². The van der Waals surface area contributed by atoms with Gasteiger partial charge in [-0.3, -0.25) is 0 Å². The van der Waals surface area contributed by atoms with Gasteiger partial charge in [-0.2, -0.15) is 4.98 Å². The normalized spacial score (nSPS) is 10.8. The van der Waals surface area contributed by atoms with E-state index in [1.807, 2.05) is 6.07 Å². The lowest BCUT2D eigenvalue weighted by molar-refractivity contribution is 1.12. The first-order chi connectivity index (χ1) is 7.92. The van der Waals surface area contributed by atoms with Gasteiger partial charge in [-0.25, -0.2) is 9.97 Å². The topological polar surface area (TPSA) is 66.5 Å². The number of nitrogens with zero attached hydrogens (tertiary/aromatic N) is 3. The minimum absolute atomic E-state index is 0.684. The van der Waals surface area contributed by atoms with E-state index in [2.05, 4.69) is 36.7 Å². The SMILES string of the molecule is c1csc(CNc2nc3ncncc3[nH]2)c1. The summed E-state index contributed by atoms with van der Waals surface area (Å²) in [6, 6.07) is 4.12. The summed E-state index contributed by atoms with van der Waals surface area (Å²) in [5.74, 6) is 0.726. The molecule has 0 bridgehead atoms. The molecule has 0 fully saturated rings. The molecule has 3 rings (SSSR count). The highest BCUT2D eigenvalue weighted by Crippen LogP contribution is 2.13. The van der Waals surface area contributed by atoms with Gasteiger partial charge in [-0.1, -0.05) is 6.07 Å². The van der Waals surface area contributed by atoms with E-state index in [9.17, 15) is 0 Å². The van der Waals surface area contributed by atoms with Crippen LogP contribution in [0.1, 0.15) is 4.88 Å². The molecular formula is C10H9N5S. The van der Waals surface area contributed by atoms with Gasteiger partial charge in [0.15, 0.2) is 5.65 Å². The van der Waals surface area contributed by atoms with Crippen LogP contribution in [0.4, 0.5) is 5.95 Å². The molecule has 0 amide bonds. The van der Waals surface area contributed by atoms with Crippen LogP contribution in [0, 0.1) is 0 Å². The number of hydrogen-bond donors (Lipinski definition) is 2. The summed E-state index contributed by atoms with van der Waals surface area (Å²) in [7, 11) is 0. The maximum Gasteiger partial charge on any atom is 0.203 e. The monoisotopic (exact) mass is 231 g/mol. The van der Waals surface area contributed by atoms with Gasteiger partial charge in [0, 0.05) is 4.88 Å². The first kappa shape index (κ1) is 9.29. The molecule has 0 aliphatic heterocycles. The van der Waals surface area contributed by atoms with Crippen LogP contribution in [0.15, 0.2) is 30.0 Å². The van der Waals surface area contributed by atoms with Crippen LogP contribution in [-0.2, 0) is 6.54 Å². The summed E-state index contributed by atoms with van der Waals surface area (Å²) in [4.78, 5) is 16.7. The number of fused-ring (bicyclic) bond motifs is 1. The average molecular weight is 231 g/mol. The minimum Gasteiger partial charge on any atom is -0.351 e. The molecule has 0 aliphatic carbocycles. The number of anilines is 1. The molecular weight excluding hydrogens is 222 g/mol. The fraction of sp³-hybridized carbons (Fsp3) is 0.100. The van der Waals surface area contributed by atoms with Gasteiger partial charge in [0.1, 0.15) is 11.8 Å². The number of aromatic nitrogens is 4. The molecule has 0 unspecified atom stereocenters. The van der Waals surface area contributed by atoms with E-state index in [4.69, 9.17) is 0 Å². The van der Waals surface area contributed by atoms with Crippen molar-refractivity contribution in [1.82, 2.24) is 19.9 Å². The van der Waals surface area contributed by atoms with Crippen LogP contribution in [-0.4, -0.2) is 19.9 Å². The molecule has 0 radical (unpaired) electrons. The molecule has 16 heavy (non-hydrogen) atoms. The second-order valence-electron chi connectivity index (χ2n) is 3.28. The highest BCUT2D eigenvalue weighted by atomic mass is 32.1. The van der Waals surface area contributed by atoms with E-state index in [-0.39, 0.29) is 0 Å². The Morgan fingerprint density at radius 3 is 3.25 bits per heavy atom. The van der Waals surface area contributed by atoms with E-state index in [1.54, 1.807) is 17.5 Å². The van der Waals surface area contributed by atoms with Crippen molar-refractivity contribution in [3.63, 3.8) is 0 Å². The molecule has 0 aromatic carbocycles. The lowest BCUT2D eigenvalue weighted by Crippen LogP contribution is -1.98. The summed E-state index contributed by atoms with van der Waals surface area (Å²) in [5.41, 5.74) is 1.53. The van der Waals surface area contributed by atoms with Gasteiger partial charge in [0.2, 0.25) is 5.95 Å². The van der Waals surface area contributed by atoms with Crippen molar-refractivity contribution in [3.8, 4) is 0 Å². The molecule has 6 heteroatoms. The summed E-state index contributed by atoms with van der Waals surface area (Å²) in [5, 5.41) is 5.27. The largest absolute Gasteiger partial charge is 0.351 e. The van der Waals surface area contributed by atoms with Crippen molar-refractivity contribution in [1.29, 1.82) is 0 Å². The van der Waals surface area contributed by atoms with E-state index in [0.717, 1.165) is 18.0 Å². The molecule has 0 spiro atoms. The molecule has 0 aliphatic rings. The zero-order valence-corrected chi connectivity index (χ0v) is 9.16. The lowest BCUT2D eigenvalue weighted by atomic mass is 10.5. The first-order valence-corrected chi connectivity index (χ1v) is 5.72. The van der Waals surface area contributed by atoms with Gasteiger partial charge in [0.25, 0.3) is 0 Å². The highest BCUT2D eigenvalue weighted by Gasteiger charge is 2.02. The van der Waals surface area contributed by atoms with Crippen molar-refractivity contribution in [2.75, 3.05) is 5.32 Å². The molecule has 3 aromatic heterocycles. The van der Waals surface area contributed by atoms with Crippen LogP contribution in [0.2, 0.25) is 0 Å². The molecule has 0 saturated heterocycles. The number of rotatable bonds is 3. The molecule has 80 valence electrons. The smallest absolute Gasteiger partial charge is 0.203 e. The van der Waals surface area contributed by atoms with Crippen LogP contribution >= 0.6 is 11.3 Å². The van der Waals surface area contributed by atoms with E-state index in [1.165, 1.54) is 11.2 Å². The quantitative estimate of drug-likeness (QED) is 0.723. The average Bonchev–Trinajstić information content (AvgIpc) is 2.95. The fourth-order valence-electron chi connectivity index (χ4n) is 1.43. The van der Waals surface area contributed by atoms with E-state index in [0.29, 0.717) is 5.65 Å². The third-order valence-electron chi connectivity index (χ3n) is 2.17. The maximum absolute atomic E-state index is 4.30. The second-order valence-corrected chi connectivity index (χ2v) is 4.31. The highest BCUT2D eigenvalue weighted by molar-refractivity contribution is 7.09. The number of thiophene rings is 1. The Labute approximate surface area is 95.6 Å². The summed E-state index contributed by atoms with van der Waals surface area (Å²) in [6.45, 7) is 0.769. The van der Waals surface area contributed by atoms with Crippen LogP contribution in [0.3, 0.4) is 0 Å². The molecule has 2 N–H and O–H groups in total. The zero-order valence-electron chi connectivity index (χ0n) is 8.34. The first-order valence-electron chi connectivity index (χ1n) is 4.84. The van der Waals surface area contributed by atoms with E-state index < -0.39 is 0 Å². The van der Waals surface area contributed by atoms with Crippen LogP contribution < -0.4 is 5.32 Å². The van der Waals surface area contributed by atoms with Gasteiger partial charge >= 0.3 is 0 Å². The molecule has 0 atom stereocenters. The fourth-order valence-corrected chi connectivity index (χ4v) is 2.07. The summed E-state index contributed by atoms with van der Waals surface area (Å²) >= 11 is 1.72. The van der Waals surface area contributed by atoms with Crippen LogP contribution in [0.25, 0.3) is 11.2 Å². The van der Waals surface area contributed by atoms with Crippen LogP contribution in [0.5, 0.6) is 0 Å². The summed E-state index contributed by atoms with van der Waals surface area (Å²) in [6.07, 6.45) is 3.21. The number of imidazole rings is 1. The third kappa shape index (κ3) is 1.74. The lowest BCUT2D eigenvalue weighted by Gasteiger charge is -1.98. The molecule has 3 heterocycles. The number of H-pyrrole nitrogens is 1. The Kier molecular flexibility index (Phi) is 2.26. The van der Waals surface area contributed by atoms with Gasteiger partial charge < -0.3 is 10.3 Å². The molecule has 3 aromatic rings. The number of aromatic amines is 1. The van der Waals surface area contributed by atoms with Crippen molar-refractivity contribution < 1.29 is 0 Å². The Morgan fingerprint density at radius 1 is 1.44 bits per heavy atom. The Morgan fingerprint density at radius 2 is 2.44 bits per heavy atom. The van der Waals surface area contributed by atoms with Crippen molar-refractivity contribution in [2.24, 2.45) is 0 Å². The molecule has 5 nitrogen and oxygen atoms in total. The van der Waals surface area contributed by atoms with E-state index >= 15 is 0 Å². The Bertz CT molecular complexity index is 553. The Balaban J connectivity index is 1.79. The predicted molar refractivity (Wildman–Crippen MR) is 63.3 cm³/mol. The number of nitrogens with one attached hydrogen (secondary N) is 2. The summed E-state index contributed by atoms with van der Waals surface area (Å²) < 4.78 is 0. The second kappa shape index (κ2) is 3.90. The predicted octanol–water partition coefficient (Wildman–Crippen LogP) is 2.03. The zero-order chi connectivity index (χ0) is 10.8. The van der Waals surface area contributed by atoms with Crippen molar-refractivity contribution >= 4 is 28.4 Å². The standard InChI is InChI=1S/C10H9N5S/c1-2-7(16-3-1)4-12-10-14-8-5-11-6-13-9(8)15-10/h1-3,5-6H,4H2,(H2,11,12,13,14,15). The van der Waals surface area contributed by atoms with Gasteiger partial charge in [-0.05, 0) is 11.4 Å². The third-order valence-corrected chi connectivity index (χ3v) is 3.05.